The summed E-state index contributed by atoms with van der Waals surface area (Å²) in [4.78, 5) is 8.04. The zero-order chi connectivity index (χ0) is 12.3. The Kier molecular flexibility index (Phi) is 4.27. The van der Waals surface area contributed by atoms with Crippen molar-refractivity contribution in [3.63, 3.8) is 0 Å². The fraction of sp³-hybridized carbons (Fsp3) is 0.600. The van der Waals surface area contributed by atoms with Gasteiger partial charge in [0.1, 0.15) is 0 Å². The van der Waals surface area contributed by atoms with Gasteiger partial charge >= 0.3 is 0 Å². The number of aryl methyl sites for hydroxylation is 2. The number of sulfone groups is 1. The Morgan fingerprint density at radius 3 is 2.50 bits per heavy atom. The Morgan fingerprint density at radius 1 is 1.38 bits per heavy atom. The van der Waals surface area contributed by atoms with Crippen LogP contribution in [0.5, 0.6) is 0 Å². The lowest BCUT2D eigenvalue weighted by Gasteiger charge is -2.08. The van der Waals surface area contributed by atoms with Crippen LogP contribution in [-0.2, 0) is 9.84 Å². The van der Waals surface area contributed by atoms with Gasteiger partial charge in [-0.05, 0) is 19.8 Å². The number of nitrogens with zero attached hydrogens (tertiary/aromatic N) is 2. The molecule has 0 aliphatic rings. The van der Waals surface area contributed by atoms with Gasteiger partial charge in [0, 0.05) is 5.88 Å². The molecule has 1 heterocycles. The molecule has 0 spiro atoms. The number of alkyl halides is 1. The Bertz CT molecular complexity index is 474. The minimum absolute atomic E-state index is 0.00762. The highest BCUT2D eigenvalue weighted by molar-refractivity contribution is 7.91. The van der Waals surface area contributed by atoms with E-state index >= 15 is 0 Å². The molecule has 1 rings (SSSR count). The maximum absolute atomic E-state index is 11.9. The first kappa shape index (κ1) is 13.4. The van der Waals surface area contributed by atoms with Crippen molar-refractivity contribution in [3.05, 3.63) is 17.6 Å². The molecule has 0 N–H and O–H groups in total. The van der Waals surface area contributed by atoms with Crippen molar-refractivity contribution in [3.8, 4) is 0 Å². The van der Waals surface area contributed by atoms with Crippen molar-refractivity contribution in [2.75, 3.05) is 11.6 Å². The Labute approximate surface area is 101 Å². The van der Waals surface area contributed by atoms with Gasteiger partial charge in [-0.25, -0.2) is 13.4 Å². The van der Waals surface area contributed by atoms with Crippen LogP contribution in [-0.4, -0.2) is 30.0 Å². The Hall–Kier alpha value is -0.680. The van der Waals surface area contributed by atoms with E-state index in [2.05, 4.69) is 9.97 Å². The van der Waals surface area contributed by atoms with Crippen molar-refractivity contribution < 1.29 is 8.42 Å². The highest BCUT2D eigenvalue weighted by Crippen LogP contribution is 2.13. The molecule has 0 aliphatic carbocycles. The quantitative estimate of drug-likeness (QED) is 0.776. The number of hydrogen-bond acceptors (Lipinski definition) is 4. The molecule has 0 bridgehead atoms. The fourth-order valence-electron chi connectivity index (χ4n) is 1.17. The highest BCUT2D eigenvalue weighted by atomic mass is 35.5. The first-order chi connectivity index (χ1) is 7.36. The SMILES string of the molecule is Cc1ncc(S(=O)(=O)CC(C)CCl)nc1C. The molecule has 0 aromatic carbocycles. The minimum atomic E-state index is -3.37. The summed E-state index contributed by atoms with van der Waals surface area (Å²) in [5.74, 6) is 0.237. The van der Waals surface area contributed by atoms with Crippen LogP contribution in [0.15, 0.2) is 11.2 Å². The van der Waals surface area contributed by atoms with Crippen LogP contribution in [0.4, 0.5) is 0 Å². The number of rotatable bonds is 4. The molecule has 6 heteroatoms. The lowest BCUT2D eigenvalue weighted by molar-refractivity contribution is 0.578. The van der Waals surface area contributed by atoms with Crippen LogP contribution in [0.3, 0.4) is 0 Å². The second-order valence-electron chi connectivity index (χ2n) is 3.92. The molecule has 4 nitrogen and oxygen atoms in total. The standard InChI is InChI=1S/C10H15ClN2O2S/c1-7(4-11)6-16(14,15)10-5-12-8(2)9(3)13-10/h5,7H,4,6H2,1-3H3. The Balaban J connectivity index is 3.03. The molecule has 1 unspecified atom stereocenters. The molecule has 16 heavy (non-hydrogen) atoms. The van der Waals surface area contributed by atoms with Gasteiger partial charge in [0.25, 0.3) is 0 Å². The number of halogens is 1. The lowest BCUT2D eigenvalue weighted by atomic mass is 10.3. The van der Waals surface area contributed by atoms with Crippen LogP contribution < -0.4 is 0 Å². The molecule has 0 amide bonds. The number of aromatic nitrogens is 2. The third-order valence-electron chi connectivity index (χ3n) is 2.26. The van der Waals surface area contributed by atoms with Gasteiger partial charge in [-0.3, -0.25) is 4.98 Å². The molecule has 0 aliphatic heterocycles. The van der Waals surface area contributed by atoms with Gasteiger partial charge in [0.05, 0.1) is 23.3 Å². The van der Waals surface area contributed by atoms with Gasteiger partial charge < -0.3 is 0 Å². The van der Waals surface area contributed by atoms with E-state index in [9.17, 15) is 8.42 Å². The van der Waals surface area contributed by atoms with Crippen molar-refractivity contribution in [1.29, 1.82) is 0 Å². The van der Waals surface area contributed by atoms with E-state index in [-0.39, 0.29) is 16.7 Å². The molecule has 1 aromatic rings. The first-order valence-electron chi connectivity index (χ1n) is 4.95. The van der Waals surface area contributed by atoms with Crippen molar-refractivity contribution >= 4 is 21.4 Å². The average molecular weight is 263 g/mol. The van der Waals surface area contributed by atoms with E-state index < -0.39 is 9.84 Å². The third-order valence-corrected chi connectivity index (χ3v) is 4.62. The molecule has 1 atom stereocenters. The van der Waals surface area contributed by atoms with Crippen LogP contribution in [0, 0.1) is 19.8 Å². The summed E-state index contributed by atoms with van der Waals surface area (Å²) < 4.78 is 23.8. The summed E-state index contributed by atoms with van der Waals surface area (Å²) in [6.07, 6.45) is 1.30. The molecule has 1 aromatic heterocycles. The van der Waals surface area contributed by atoms with E-state index in [1.54, 1.807) is 20.8 Å². The second-order valence-corrected chi connectivity index (χ2v) is 6.21. The van der Waals surface area contributed by atoms with Gasteiger partial charge in [-0.2, -0.15) is 0 Å². The van der Waals surface area contributed by atoms with Crippen molar-refractivity contribution in [2.24, 2.45) is 5.92 Å². The van der Waals surface area contributed by atoms with E-state index in [1.165, 1.54) is 6.20 Å². The predicted octanol–water partition coefficient (Wildman–Crippen LogP) is 1.74. The maximum Gasteiger partial charge on any atom is 0.197 e. The van der Waals surface area contributed by atoms with Crippen molar-refractivity contribution in [2.45, 2.75) is 25.8 Å². The van der Waals surface area contributed by atoms with E-state index in [0.717, 1.165) is 5.69 Å². The lowest BCUT2D eigenvalue weighted by Crippen LogP contribution is -2.17. The molecule has 0 saturated carbocycles. The largest absolute Gasteiger partial charge is 0.257 e. The fourth-order valence-corrected chi connectivity index (χ4v) is 2.94. The monoisotopic (exact) mass is 262 g/mol. The van der Waals surface area contributed by atoms with Crippen LogP contribution in [0.25, 0.3) is 0 Å². The topological polar surface area (TPSA) is 59.9 Å². The maximum atomic E-state index is 11.9. The molecule has 0 radical (unpaired) electrons. The zero-order valence-corrected chi connectivity index (χ0v) is 11.1. The van der Waals surface area contributed by atoms with E-state index in [0.29, 0.717) is 11.6 Å². The van der Waals surface area contributed by atoms with Gasteiger partial charge in [0.2, 0.25) is 0 Å². The Morgan fingerprint density at radius 2 is 2.00 bits per heavy atom. The smallest absolute Gasteiger partial charge is 0.197 e. The van der Waals surface area contributed by atoms with E-state index in [4.69, 9.17) is 11.6 Å². The zero-order valence-electron chi connectivity index (χ0n) is 9.57. The second kappa shape index (κ2) is 5.10. The minimum Gasteiger partial charge on any atom is -0.257 e. The van der Waals surface area contributed by atoms with Gasteiger partial charge in [0.15, 0.2) is 14.9 Å². The third kappa shape index (κ3) is 3.15. The summed E-state index contributed by atoms with van der Waals surface area (Å²) in [6, 6.07) is 0. The molecule has 90 valence electrons. The predicted molar refractivity (Wildman–Crippen MR) is 63.4 cm³/mol. The summed E-state index contributed by atoms with van der Waals surface area (Å²) in [6.45, 7) is 5.32. The highest BCUT2D eigenvalue weighted by Gasteiger charge is 2.20. The van der Waals surface area contributed by atoms with E-state index in [1.807, 2.05) is 0 Å². The average Bonchev–Trinajstić information content (AvgIpc) is 2.21. The first-order valence-corrected chi connectivity index (χ1v) is 7.14. The summed E-state index contributed by atoms with van der Waals surface area (Å²) in [5.41, 5.74) is 1.38. The van der Waals surface area contributed by atoms with Crippen LogP contribution in [0.1, 0.15) is 18.3 Å². The molecular formula is C10H15ClN2O2S. The summed E-state index contributed by atoms with van der Waals surface area (Å²) >= 11 is 5.60. The number of hydrogen-bond donors (Lipinski definition) is 0. The van der Waals surface area contributed by atoms with Crippen LogP contribution in [0.2, 0.25) is 0 Å². The van der Waals surface area contributed by atoms with Crippen molar-refractivity contribution in [1.82, 2.24) is 9.97 Å². The van der Waals surface area contributed by atoms with Gasteiger partial charge in [-0.1, -0.05) is 6.92 Å². The molecular weight excluding hydrogens is 248 g/mol. The molecule has 0 saturated heterocycles. The van der Waals surface area contributed by atoms with Crippen LogP contribution >= 0.6 is 11.6 Å². The summed E-state index contributed by atoms with van der Waals surface area (Å²) in [5, 5.41) is 0.0348. The molecule has 0 fully saturated rings. The van der Waals surface area contributed by atoms with Gasteiger partial charge in [-0.15, -0.1) is 11.6 Å². The normalized spacial score (nSPS) is 13.8. The summed E-state index contributed by atoms with van der Waals surface area (Å²) in [7, 11) is -3.37.